The number of amides is 1. The molecule has 0 aliphatic rings. The molecule has 27 heavy (non-hydrogen) atoms. The topological polar surface area (TPSA) is 73.6 Å². The lowest BCUT2D eigenvalue weighted by Gasteiger charge is -2.19. The van der Waals surface area contributed by atoms with E-state index in [0.717, 1.165) is 38.0 Å². The van der Waals surface area contributed by atoms with Crippen LogP contribution in [-0.4, -0.2) is 31.4 Å². The van der Waals surface area contributed by atoms with Crippen LogP contribution in [0.1, 0.15) is 45.6 Å². The molecule has 0 saturated heterocycles. The molecule has 0 fully saturated rings. The summed E-state index contributed by atoms with van der Waals surface area (Å²) in [6.45, 7) is 7.35. The monoisotopic (exact) mass is 372 g/mol. The summed E-state index contributed by atoms with van der Waals surface area (Å²) in [7, 11) is 0. The van der Waals surface area contributed by atoms with Crippen LogP contribution < -0.4 is 15.8 Å². The highest BCUT2D eigenvalue weighted by Gasteiger charge is 2.15. The van der Waals surface area contributed by atoms with Crippen molar-refractivity contribution in [3.8, 4) is 5.75 Å². The van der Waals surface area contributed by atoms with E-state index in [2.05, 4.69) is 35.6 Å². The third-order valence-electron chi connectivity index (χ3n) is 4.05. The lowest BCUT2D eigenvalue weighted by atomic mass is 10.0. The van der Waals surface area contributed by atoms with Gasteiger partial charge in [0.15, 0.2) is 0 Å². The van der Waals surface area contributed by atoms with Gasteiger partial charge in [-0.15, -0.1) is 0 Å². The Morgan fingerprint density at radius 2 is 1.78 bits per heavy atom. The van der Waals surface area contributed by atoms with Gasteiger partial charge in [0.05, 0.1) is 6.61 Å². The van der Waals surface area contributed by atoms with E-state index in [-0.39, 0.29) is 0 Å². The number of aryl methyl sites for hydroxylation is 1. The van der Waals surface area contributed by atoms with Crippen molar-refractivity contribution < 1.29 is 14.3 Å². The first-order valence-corrected chi connectivity index (χ1v) is 9.70. The molecule has 0 aromatic heterocycles. The Labute approximate surface area is 162 Å². The van der Waals surface area contributed by atoms with E-state index in [1.807, 2.05) is 26.8 Å². The summed E-state index contributed by atoms with van der Waals surface area (Å²) in [5.74, 6) is 0.843. The number of unbranched alkanes of at least 4 members (excludes halogenated alkanes) is 1. The lowest BCUT2D eigenvalue weighted by molar-refractivity contribution is 0.0525. The highest BCUT2D eigenvalue weighted by molar-refractivity contribution is 5.84. The highest BCUT2D eigenvalue weighted by Crippen LogP contribution is 2.23. The van der Waals surface area contributed by atoms with Crippen LogP contribution in [0, 0.1) is 0 Å². The van der Waals surface area contributed by atoms with Gasteiger partial charge in [-0.05, 0) is 81.5 Å². The standard InChI is InChI=1S/C22H32N2O3/c1-22(2,3)27-21(25)24-13-6-14-26-20-11-10-18-15-17(7-4-5-12-23)8-9-19(18)16-20/h8-11,15-16H,4-7,12-14,23H2,1-3H3,(H,24,25). The highest BCUT2D eigenvalue weighted by atomic mass is 16.6. The van der Waals surface area contributed by atoms with Gasteiger partial charge in [-0.1, -0.05) is 24.3 Å². The zero-order valence-electron chi connectivity index (χ0n) is 16.7. The van der Waals surface area contributed by atoms with E-state index < -0.39 is 11.7 Å². The first kappa shape index (κ1) is 21.0. The average Bonchev–Trinajstić information content (AvgIpc) is 2.60. The van der Waals surface area contributed by atoms with E-state index in [1.165, 1.54) is 16.3 Å². The number of rotatable bonds is 9. The summed E-state index contributed by atoms with van der Waals surface area (Å²) in [5, 5.41) is 5.12. The van der Waals surface area contributed by atoms with E-state index in [9.17, 15) is 4.79 Å². The molecule has 2 aromatic carbocycles. The Kier molecular flexibility index (Phi) is 7.92. The third-order valence-corrected chi connectivity index (χ3v) is 4.05. The number of hydrogen-bond acceptors (Lipinski definition) is 4. The van der Waals surface area contributed by atoms with E-state index in [0.29, 0.717) is 13.2 Å². The minimum Gasteiger partial charge on any atom is -0.494 e. The van der Waals surface area contributed by atoms with E-state index in [4.69, 9.17) is 15.2 Å². The number of hydrogen-bond donors (Lipinski definition) is 2. The molecule has 2 aromatic rings. The fourth-order valence-electron chi connectivity index (χ4n) is 2.76. The summed E-state index contributed by atoms with van der Waals surface area (Å²) in [6.07, 6.45) is 3.58. The normalized spacial score (nSPS) is 11.4. The number of ether oxygens (including phenoxy) is 2. The van der Waals surface area contributed by atoms with Gasteiger partial charge in [-0.3, -0.25) is 0 Å². The van der Waals surface area contributed by atoms with E-state index >= 15 is 0 Å². The summed E-state index contributed by atoms with van der Waals surface area (Å²) >= 11 is 0. The fourth-order valence-corrected chi connectivity index (χ4v) is 2.76. The predicted octanol–water partition coefficient (Wildman–Crippen LogP) is 4.41. The van der Waals surface area contributed by atoms with Crippen molar-refractivity contribution in [1.82, 2.24) is 5.32 Å². The molecule has 0 heterocycles. The SMILES string of the molecule is CC(C)(C)OC(=O)NCCCOc1ccc2cc(CCCCN)ccc2c1. The van der Waals surface area contributed by atoms with Gasteiger partial charge in [0, 0.05) is 6.54 Å². The van der Waals surface area contributed by atoms with Crippen LogP contribution in [0.5, 0.6) is 5.75 Å². The summed E-state index contributed by atoms with van der Waals surface area (Å²) in [5.41, 5.74) is 6.43. The minimum absolute atomic E-state index is 0.393. The van der Waals surface area contributed by atoms with Crippen molar-refractivity contribution in [3.05, 3.63) is 42.0 Å². The van der Waals surface area contributed by atoms with Gasteiger partial charge in [-0.25, -0.2) is 4.79 Å². The Bertz CT molecular complexity index is 738. The van der Waals surface area contributed by atoms with Crippen LogP contribution >= 0.6 is 0 Å². The second-order valence-corrected chi connectivity index (χ2v) is 7.72. The molecule has 0 atom stereocenters. The summed E-state index contributed by atoms with van der Waals surface area (Å²) in [4.78, 5) is 11.6. The van der Waals surface area contributed by atoms with Crippen LogP contribution in [0.25, 0.3) is 10.8 Å². The lowest BCUT2D eigenvalue weighted by Crippen LogP contribution is -2.33. The van der Waals surface area contributed by atoms with Crippen molar-refractivity contribution in [2.45, 2.75) is 52.1 Å². The Hall–Kier alpha value is -2.27. The maximum Gasteiger partial charge on any atom is 0.407 e. The second-order valence-electron chi connectivity index (χ2n) is 7.72. The zero-order valence-corrected chi connectivity index (χ0v) is 16.7. The van der Waals surface area contributed by atoms with Crippen molar-refractivity contribution >= 4 is 16.9 Å². The molecule has 0 saturated carbocycles. The fraction of sp³-hybridized carbons (Fsp3) is 0.500. The van der Waals surface area contributed by atoms with Crippen LogP contribution in [0.15, 0.2) is 36.4 Å². The summed E-state index contributed by atoms with van der Waals surface area (Å²) in [6, 6.07) is 12.7. The van der Waals surface area contributed by atoms with Crippen molar-refractivity contribution in [2.75, 3.05) is 19.7 Å². The van der Waals surface area contributed by atoms with Crippen molar-refractivity contribution in [3.63, 3.8) is 0 Å². The van der Waals surface area contributed by atoms with Crippen molar-refractivity contribution in [2.24, 2.45) is 5.73 Å². The maximum atomic E-state index is 11.6. The quantitative estimate of drug-likeness (QED) is 0.639. The molecule has 148 valence electrons. The molecule has 0 spiro atoms. The van der Waals surface area contributed by atoms with Crippen molar-refractivity contribution in [1.29, 1.82) is 0 Å². The molecule has 0 bridgehead atoms. The van der Waals surface area contributed by atoms with E-state index in [1.54, 1.807) is 0 Å². The number of nitrogens with two attached hydrogens (primary N) is 1. The third kappa shape index (κ3) is 7.87. The van der Waals surface area contributed by atoms with Gasteiger partial charge in [-0.2, -0.15) is 0 Å². The number of fused-ring (bicyclic) bond motifs is 1. The number of benzene rings is 2. The maximum absolute atomic E-state index is 11.6. The number of carbonyl (C=O) groups is 1. The Balaban J connectivity index is 1.77. The van der Waals surface area contributed by atoms with Gasteiger partial charge < -0.3 is 20.5 Å². The molecule has 0 radical (unpaired) electrons. The molecule has 0 unspecified atom stereocenters. The molecule has 2 rings (SSSR count). The second kappa shape index (κ2) is 10.2. The Morgan fingerprint density at radius 1 is 1.04 bits per heavy atom. The number of nitrogens with one attached hydrogen (secondary N) is 1. The first-order chi connectivity index (χ1) is 12.9. The van der Waals surface area contributed by atoms with Crippen LogP contribution in [0.2, 0.25) is 0 Å². The Morgan fingerprint density at radius 3 is 2.52 bits per heavy atom. The van der Waals surface area contributed by atoms with Crippen LogP contribution in [-0.2, 0) is 11.2 Å². The van der Waals surface area contributed by atoms with Gasteiger partial charge in [0.25, 0.3) is 0 Å². The number of carbonyl (C=O) groups excluding carboxylic acids is 1. The molecule has 0 aliphatic heterocycles. The summed E-state index contributed by atoms with van der Waals surface area (Å²) < 4.78 is 11.0. The molecule has 1 amide bonds. The molecular weight excluding hydrogens is 340 g/mol. The van der Waals surface area contributed by atoms with Gasteiger partial charge in [0.2, 0.25) is 0 Å². The first-order valence-electron chi connectivity index (χ1n) is 9.70. The average molecular weight is 373 g/mol. The predicted molar refractivity (Wildman–Crippen MR) is 110 cm³/mol. The molecule has 5 nitrogen and oxygen atoms in total. The molecular formula is C22H32N2O3. The van der Waals surface area contributed by atoms with Gasteiger partial charge >= 0.3 is 6.09 Å². The zero-order chi connectivity index (χ0) is 19.7. The number of alkyl carbamates (subject to hydrolysis) is 1. The molecule has 0 aliphatic carbocycles. The largest absolute Gasteiger partial charge is 0.494 e. The van der Waals surface area contributed by atoms with Crippen LogP contribution in [0.4, 0.5) is 4.79 Å². The molecule has 3 N–H and O–H groups in total. The smallest absolute Gasteiger partial charge is 0.407 e. The molecule has 5 heteroatoms. The van der Waals surface area contributed by atoms with Crippen LogP contribution in [0.3, 0.4) is 0 Å². The van der Waals surface area contributed by atoms with Gasteiger partial charge in [0.1, 0.15) is 11.4 Å². The minimum atomic E-state index is -0.476.